The highest BCUT2D eigenvalue weighted by Gasteiger charge is 2.15. The van der Waals surface area contributed by atoms with E-state index in [1.165, 1.54) is 0 Å². The van der Waals surface area contributed by atoms with Crippen LogP contribution in [0.15, 0.2) is 30.5 Å². The predicted octanol–water partition coefficient (Wildman–Crippen LogP) is 2.21. The normalized spacial score (nSPS) is 10.0. The third-order valence-corrected chi connectivity index (χ3v) is 3.32. The Bertz CT molecular complexity index is 613. The number of likely N-dealkylation sites (N-methyl/N-ethyl adjacent to an activating group) is 1. The number of rotatable bonds is 5. The molecule has 21 heavy (non-hydrogen) atoms. The number of carbonyl (C=O) groups excluding carboxylic acids is 1. The van der Waals surface area contributed by atoms with Crippen LogP contribution in [0.2, 0.25) is 5.02 Å². The summed E-state index contributed by atoms with van der Waals surface area (Å²) < 4.78 is 1.68. The van der Waals surface area contributed by atoms with Crippen LogP contribution in [-0.4, -0.2) is 35.8 Å². The average molecular weight is 329 g/mol. The number of benzene rings is 1. The standard InChI is InChI=1S/C14H17ClN4O.ClH/c1-10-11(14(20)17-8-7-16-2)9-18-19(10)13-6-4-3-5-12(13)15;/h3-6,9,16H,7-8H2,1-2H3,(H,17,20);1H. The number of amides is 1. The molecule has 0 saturated heterocycles. The summed E-state index contributed by atoms with van der Waals surface area (Å²) in [5.41, 5.74) is 2.09. The van der Waals surface area contributed by atoms with E-state index in [2.05, 4.69) is 15.7 Å². The molecule has 114 valence electrons. The Labute approximate surface area is 135 Å². The highest BCUT2D eigenvalue weighted by molar-refractivity contribution is 6.32. The minimum absolute atomic E-state index is 0. The van der Waals surface area contributed by atoms with Gasteiger partial charge in [-0.3, -0.25) is 4.79 Å². The minimum atomic E-state index is -0.129. The summed E-state index contributed by atoms with van der Waals surface area (Å²) in [5, 5.41) is 10.7. The van der Waals surface area contributed by atoms with Gasteiger partial charge >= 0.3 is 0 Å². The molecule has 1 amide bonds. The molecule has 2 N–H and O–H groups in total. The molecule has 1 aromatic heterocycles. The van der Waals surface area contributed by atoms with Crippen LogP contribution in [0.25, 0.3) is 5.69 Å². The molecule has 5 nitrogen and oxygen atoms in total. The molecule has 0 fully saturated rings. The summed E-state index contributed by atoms with van der Waals surface area (Å²) >= 11 is 6.15. The smallest absolute Gasteiger partial charge is 0.254 e. The van der Waals surface area contributed by atoms with Gasteiger partial charge in [0.05, 0.1) is 28.2 Å². The van der Waals surface area contributed by atoms with Gasteiger partial charge in [-0.15, -0.1) is 12.4 Å². The van der Waals surface area contributed by atoms with Crippen molar-refractivity contribution in [3.63, 3.8) is 0 Å². The zero-order valence-corrected chi connectivity index (χ0v) is 13.5. The topological polar surface area (TPSA) is 58.9 Å². The monoisotopic (exact) mass is 328 g/mol. The van der Waals surface area contributed by atoms with E-state index in [4.69, 9.17) is 11.6 Å². The van der Waals surface area contributed by atoms with E-state index < -0.39 is 0 Å². The van der Waals surface area contributed by atoms with Crippen molar-refractivity contribution in [1.82, 2.24) is 20.4 Å². The van der Waals surface area contributed by atoms with E-state index in [0.717, 1.165) is 17.9 Å². The number of hydrogen-bond acceptors (Lipinski definition) is 3. The van der Waals surface area contributed by atoms with Crippen molar-refractivity contribution in [2.24, 2.45) is 0 Å². The molecular weight excluding hydrogens is 311 g/mol. The van der Waals surface area contributed by atoms with Gasteiger partial charge in [0.15, 0.2) is 0 Å². The van der Waals surface area contributed by atoms with Gasteiger partial charge in [-0.2, -0.15) is 5.10 Å². The molecule has 0 spiro atoms. The second-order valence-corrected chi connectivity index (χ2v) is 4.77. The van der Waals surface area contributed by atoms with Crippen molar-refractivity contribution < 1.29 is 4.79 Å². The van der Waals surface area contributed by atoms with Crippen LogP contribution in [0.3, 0.4) is 0 Å². The van der Waals surface area contributed by atoms with Gasteiger partial charge in [0.25, 0.3) is 5.91 Å². The third-order valence-electron chi connectivity index (χ3n) is 3.00. The fourth-order valence-electron chi connectivity index (χ4n) is 1.90. The first kappa shape index (κ1) is 17.5. The summed E-state index contributed by atoms with van der Waals surface area (Å²) in [6.45, 7) is 3.15. The molecule has 0 atom stereocenters. The van der Waals surface area contributed by atoms with Gasteiger partial charge in [0, 0.05) is 13.1 Å². The van der Waals surface area contributed by atoms with Crippen molar-refractivity contribution >= 4 is 29.9 Å². The summed E-state index contributed by atoms with van der Waals surface area (Å²) in [4.78, 5) is 12.0. The molecule has 0 aliphatic heterocycles. The van der Waals surface area contributed by atoms with Crippen LogP contribution in [0.1, 0.15) is 16.1 Å². The Balaban J connectivity index is 0.00000220. The fraction of sp³-hybridized carbons (Fsp3) is 0.286. The van der Waals surface area contributed by atoms with Crippen LogP contribution in [-0.2, 0) is 0 Å². The number of halogens is 2. The maximum absolute atomic E-state index is 12.0. The Morgan fingerprint density at radius 2 is 2.05 bits per heavy atom. The molecule has 1 heterocycles. The highest BCUT2D eigenvalue weighted by Crippen LogP contribution is 2.21. The maximum atomic E-state index is 12.0. The number of nitrogens with one attached hydrogen (secondary N) is 2. The fourth-order valence-corrected chi connectivity index (χ4v) is 2.11. The van der Waals surface area contributed by atoms with Crippen molar-refractivity contribution in [2.45, 2.75) is 6.92 Å². The molecule has 2 aromatic rings. The molecule has 0 bridgehead atoms. The number of aromatic nitrogens is 2. The molecule has 1 aromatic carbocycles. The summed E-state index contributed by atoms with van der Waals surface area (Å²) in [7, 11) is 1.84. The van der Waals surface area contributed by atoms with Crippen LogP contribution in [0.5, 0.6) is 0 Å². The average Bonchev–Trinajstić information content (AvgIpc) is 2.81. The molecule has 0 saturated carbocycles. The molecule has 0 aliphatic rings. The van der Waals surface area contributed by atoms with Gasteiger partial charge in [-0.25, -0.2) is 4.68 Å². The largest absolute Gasteiger partial charge is 0.351 e. The molecule has 7 heteroatoms. The number of para-hydroxylation sites is 1. The second-order valence-electron chi connectivity index (χ2n) is 4.37. The van der Waals surface area contributed by atoms with Crippen molar-refractivity contribution in [3.05, 3.63) is 46.7 Å². The first-order chi connectivity index (χ1) is 9.65. The molecule has 0 radical (unpaired) electrons. The van der Waals surface area contributed by atoms with Gasteiger partial charge < -0.3 is 10.6 Å². The van der Waals surface area contributed by atoms with E-state index in [-0.39, 0.29) is 18.3 Å². The van der Waals surface area contributed by atoms with Gasteiger partial charge in [-0.05, 0) is 26.1 Å². The Morgan fingerprint density at radius 3 is 2.71 bits per heavy atom. The lowest BCUT2D eigenvalue weighted by Gasteiger charge is -2.07. The quantitative estimate of drug-likeness (QED) is 0.827. The molecule has 0 aliphatic carbocycles. The van der Waals surface area contributed by atoms with Crippen LogP contribution in [0, 0.1) is 6.92 Å². The Kier molecular flexibility index (Phi) is 6.68. The van der Waals surface area contributed by atoms with E-state index in [1.54, 1.807) is 16.9 Å². The van der Waals surface area contributed by atoms with Crippen molar-refractivity contribution in [2.75, 3.05) is 20.1 Å². The summed E-state index contributed by atoms with van der Waals surface area (Å²) in [6.07, 6.45) is 1.56. The Hall–Kier alpha value is -1.56. The zero-order chi connectivity index (χ0) is 14.5. The van der Waals surface area contributed by atoms with Gasteiger partial charge in [-0.1, -0.05) is 23.7 Å². The third kappa shape index (κ3) is 3.97. The van der Waals surface area contributed by atoms with Crippen molar-refractivity contribution in [1.29, 1.82) is 0 Å². The lowest BCUT2D eigenvalue weighted by atomic mass is 10.2. The van der Waals surface area contributed by atoms with Crippen LogP contribution >= 0.6 is 24.0 Å². The number of nitrogens with zero attached hydrogens (tertiary/aromatic N) is 2. The van der Waals surface area contributed by atoms with Crippen molar-refractivity contribution in [3.8, 4) is 5.69 Å². The lowest BCUT2D eigenvalue weighted by Crippen LogP contribution is -2.30. The maximum Gasteiger partial charge on any atom is 0.254 e. The second kappa shape index (κ2) is 8.02. The van der Waals surface area contributed by atoms with Gasteiger partial charge in [0.2, 0.25) is 0 Å². The van der Waals surface area contributed by atoms with E-state index >= 15 is 0 Å². The van der Waals surface area contributed by atoms with Crippen LogP contribution in [0.4, 0.5) is 0 Å². The first-order valence-electron chi connectivity index (χ1n) is 6.37. The van der Waals surface area contributed by atoms with E-state index in [0.29, 0.717) is 17.1 Å². The van der Waals surface area contributed by atoms with E-state index in [9.17, 15) is 4.79 Å². The highest BCUT2D eigenvalue weighted by atomic mass is 35.5. The number of carbonyl (C=O) groups is 1. The first-order valence-corrected chi connectivity index (χ1v) is 6.75. The SMILES string of the molecule is CNCCNC(=O)c1cnn(-c2ccccc2Cl)c1C.Cl. The molecular formula is C14H18Cl2N4O. The summed E-state index contributed by atoms with van der Waals surface area (Å²) in [6, 6.07) is 7.40. The zero-order valence-electron chi connectivity index (χ0n) is 11.9. The predicted molar refractivity (Wildman–Crippen MR) is 86.8 cm³/mol. The lowest BCUT2D eigenvalue weighted by molar-refractivity contribution is 0.0953. The van der Waals surface area contributed by atoms with Crippen LogP contribution < -0.4 is 10.6 Å². The number of hydrogen-bond donors (Lipinski definition) is 2. The molecule has 2 rings (SSSR count). The summed E-state index contributed by atoms with van der Waals surface area (Å²) in [5.74, 6) is -0.129. The van der Waals surface area contributed by atoms with E-state index in [1.807, 2.05) is 32.2 Å². The minimum Gasteiger partial charge on any atom is -0.351 e. The molecule has 0 unspecified atom stereocenters. The van der Waals surface area contributed by atoms with Gasteiger partial charge in [0.1, 0.15) is 0 Å². The Morgan fingerprint density at radius 1 is 1.33 bits per heavy atom.